The van der Waals surface area contributed by atoms with E-state index in [0.29, 0.717) is 31.9 Å². The molecule has 2 aromatic rings. The topological polar surface area (TPSA) is 77.5 Å². The highest BCUT2D eigenvalue weighted by Gasteiger charge is 2.13. The first kappa shape index (κ1) is 17.4. The molecule has 0 spiro atoms. The van der Waals surface area contributed by atoms with E-state index in [-0.39, 0.29) is 4.90 Å². The number of aromatic nitrogens is 1. The van der Waals surface area contributed by atoms with Gasteiger partial charge in [0.15, 0.2) is 0 Å². The molecule has 0 aliphatic carbocycles. The van der Waals surface area contributed by atoms with Gasteiger partial charge in [0.2, 0.25) is 10.0 Å². The van der Waals surface area contributed by atoms with Gasteiger partial charge in [0.25, 0.3) is 0 Å². The Morgan fingerprint density at radius 1 is 1.09 bits per heavy atom. The molecule has 0 radical (unpaired) electrons. The lowest BCUT2D eigenvalue weighted by Crippen LogP contribution is -2.26. The SMILES string of the molecule is COCCOc1ccc(S(=O)(=O)NCCc2ccccn2)cc1. The zero-order chi connectivity index (χ0) is 16.5. The number of nitrogens with zero attached hydrogens (tertiary/aromatic N) is 1. The summed E-state index contributed by atoms with van der Waals surface area (Å²) in [5, 5.41) is 0. The van der Waals surface area contributed by atoms with Crippen LogP contribution >= 0.6 is 0 Å². The van der Waals surface area contributed by atoms with E-state index in [9.17, 15) is 8.42 Å². The van der Waals surface area contributed by atoms with Crippen molar-refractivity contribution in [1.29, 1.82) is 0 Å². The molecule has 0 unspecified atom stereocenters. The Hall–Kier alpha value is -1.96. The third-order valence-electron chi connectivity index (χ3n) is 3.09. The summed E-state index contributed by atoms with van der Waals surface area (Å²) in [7, 11) is -1.94. The maximum Gasteiger partial charge on any atom is 0.240 e. The first-order chi connectivity index (χ1) is 11.1. The molecule has 1 heterocycles. The van der Waals surface area contributed by atoms with Crippen molar-refractivity contribution < 1.29 is 17.9 Å². The van der Waals surface area contributed by atoms with Gasteiger partial charge in [-0.25, -0.2) is 13.1 Å². The summed E-state index contributed by atoms with van der Waals surface area (Å²) >= 11 is 0. The number of sulfonamides is 1. The van der Waals surface area contributed by atoms with Gasteiger partial charge in [0.05, 0.1) is 11.5 Å². The van der Waals surface area contributed by atoms with Gasteiger partial charge in [-0.2, -0.15) is 0 Å². The van der Waals surface area contributed by atoms with Gasteiger partial charge in [-0.05, 0) is 36.4 Å². The molecule has 23 heavy (non-hydrogen) atoms. The quantitative estimate of drug-likeness (QED) is 0.704. The summed E-state index contributed by atoms with van der Waals surface area (Å²) in [6.45, 7) is 1.20. The highest BCUT2D eigenvalue weighted by atomic mass is 32.2. The van der Waals surface area contributed by atoms with E-state index in [1.54, 1.807) is 25.4 Å². The Morgan fingerprint density at radius 2 is 1.87 bits per heavy atom. The third kappa shape index (κ3) is 5.63. The van der Waals surface area contributed by atoms with Gasteiger partial charge in [0.1, 0.15) is 12.4 Å². The van der Waals surface area contributed by atoms with E-state index in [0.717, 1.165) is 5.69 Å². The van der Waals surface area contributed by atoms with Crippen LogP contribution in [0.4, 0.5) is 0 Å². The average molecular weight is 336 g/mol. The predicted octanol–water partition coefficient (Wildman–Crippen LogP) is 1.63. The standard InChI is InChI=1S/C16H20N2O4S/c1-21-12-13-22-15-5-7-16(8-6-15)23(19,20)18-11-9-14-4-2-3-10-17-14/h2-8,10,18H,9,11-13H2,1H3. The van der Waals surface area contributed by atoms with Crippen LogP contribution in [0.3, 0.4) is 0 Å². The van der Waals surface area contributed by atoms with Crippen LogP contribution < -0.4 is 9.46 Å². The molecule has 7 heteroatoms. The van der Waals surface area contributed by atoms with Crippen LogP contribution in [-0.4, -0.2) is 40.3 Å². The molecular weight excluding hydrogens is 316 g/mol. The third-order valence-corrected chi connectivity index (χ3v) is 4.57. The summed E-state index contributed by atoms with van der Waals surface area (Å²) in [5.41, 5.74) is 0.845. The van der Waals surface area contributed by atoms with E-state index in [4.69, 9.17) is 9.47 Å². The second kappa shape index (κ2) is 8.61. The molecule has 1 aromatic carbocycles. The number of rotatable bonds is 9. The fourth-order valence-electron chi connectivity index (χ4n) is 1.90. The molecule has 2 rings (SSSR count). The van der Waals surface area contributed by atoms with E-state index >= 15 is 0 Å². The van der Waals surface area contributed by atoms with Gasteiger partial charge in [-0.1, -0.05) is 6.07 Å². The zero-order valence-electron chi connectivity index (χ0n) is 12.9. The lowest BCUT2D eigenvalue weighted by Gasteiger charge is -2.08. The van der Waals surface area contributed by atoms with E-state index in [2.05, 4.69) is 9.71 Å². The van der Waals surface area contributed by atoms with Crippen LogP contribution in [0.15, 0.2) is 53.6 Å². The maximum atomic E-state index is 12.2. The van der Waals surface area contributed by atoms with Crippen molar-refractivity contribution in [2.45, 2.75) is 11.3 Å². The molecule has 6 nitrogen and oxygen atoms in total. The number of hydrogen-bond donors (Lipinski definition) is 1. The van der Waals surface area contributed by atoms with Gasteiger partial charge < -0.3 is 9.47 Å². The number of benzene rings is 1. The van der Waals surface area contributed by atoms with Gasteiger partial charge in [-0.15, -0.1) is 0 Å². The highest BCUT2D eigenvalue weighted by molar-refractivity contribution is 7.89. The smallest absolute Gasteiger partial charge is 0.240 e. The highest BCUT2D eigenvalue weighted by Crippen LogP contribution is 2.15. The van der Waals surface area contributed by atoms with E-state index < -0.39 is 10.0 Å². The molecule has 0 aliphatic rings. The van der Waals surface area contributed by atoms with Crippen molar-refractivity contribution in [3.05, 3.63) is 54.4 Å². The normalized spacial score (nSPS) is 11.3. The summed E-state index contributed by atoms with van der Waals surface area (Å²) in [6.07, 6.45) is 2.23. The lowest BCUT2D eigenvalue weighted by atomic mass is 10.3. The molecule has 0 saturated carbocycles. The van der Waals surface area contributed by atoms with Crippen LogP contribution in [-0.2, 0) is 21.2 Å². The van der Waals surface area contributed by atoms with E-state index in [1.807, 2.05) is 18.2 Å². The van der Waals surface area contributed by atoms with Crippen molar-refractivity contribution in [2.24, 2.45) is 0 Å². The number of nitrogens with one attached hydrogen (secondary N) is 1. The second-order valence-electron chi connectivity index (χ2n) is 4.78. The number of methoxy groups -OCH3 is 1. The van der Waals surface area contributed by atoms with Crippen LogP contribution in [0.5, 0.6) is 5.75 Å². The van der Waals surface area contributed by atoms with Crippen molar-refractivity contribution in [2.75, 3.05) is 26.9 Å². The molecule has 1 N–H and O–H groups in total. The van der Waals surface area contributed by atoms with Crippen LogP contribution in [0.1, 0.15) is 5.69 Å². The van der Waals surface area contributed by atoms with Crippen LogP contribution in [0, 0.1) is 0 Å². The zero-order valence-corrected chi connectivity index (χ0v) is 13.8. The Labute approximate surface area is 136 Å². The van der Waals surface area contributed by atoms with E-state index in [1.165, 1.54) is 12.1 Å². The predicted molar refractivity (Wildman–Crippen MR) is 86.9 cm³/mol. The van der Waals surface area contributed by atoms with Crippen molar-refractivity contribution >= 4 is 10.0 Å². The monoisotopic (exact) mass is 336 g/mol. The van der Waals surface area contributed by atoms with Gasteiger partial charge >= 0.3 is 0 Å². The fourth-order valence-corrected chi connectivity index (χ4v) is 2.93. The number of hydrogen-bond acceptors (Lipinski definition) is 5. The first-order valence-electron chi connectivity index (χ1n) is 7.23. The Bertz CT molecular complexity index is 688. The second-order valence-corrected chi connectivity index (χ2v) is 6.55. The largest absolute Gasteiger partial charge is 0.491 e. The molecule has 1 aromatic heterocycles. The Balaban J connectivity index is 1.88. The Kier molecular flexibility index (Phi) is 6.52. The van der Waals surface area contributed by atoms with Crippen molar-refractivity contribution in [1.82, 2.24) is 9.71 Å². The number of ether oxygens (including phenoxy) is 2. The first-order valence-corrected chi connectivity index (χ1v) is 8.71. The van der Waals surface area contributed by atoms with Gasteiger partial charge in [-0.3, -0.25) is 4.98 Å². The minimum Gasteiger partial charge on any atom is -0.491 e. The minimum atomic E-state index is -3.53. The van der Waals surface area contributed by atoms with Crippen LogP contribution in [0.25, 0.3) is 0 Å². The van der Waals surface area contributed by atoms with Gasteiger partial charge in [0, 0.05) is 32.0 Å². The maximum absolute atomic E-state index is 12.2. The van der Waals surface area contributed by atoms with Crippen LogP contribution in [0.2, 0.25) is 0 Å². The molecule has 0 atom stereocenters. The minimum absolute atomic E-state index is 0.206. The average Bonchev–Trinajstić information content (AvgIpc) is 2.56. The molecule has 0 fully saturated rings. The Morgan fingerprint density at radius 3 is 2.52 bits per heavy atom. The molecule has 0 aliphatic heterocycles. The molecular formula is C16H20N2O4S. The molecule has 0 saturated heterocycles. The summed E-state index contributed by atoms with van der Waals surface area (Å²) < 4.78 is 37.3. The molecule has 0 bridgehead atoms. The van der Waals surface area contributed by atoms with Crippen molar-refractivity contribution in [3.63, 3.8) is 0 Å². The molecule has 124 valence electrons. The lowest BCUT2D eigenvalue weighted by molar-refractivity contribution is 0.146. The number of pyridine rings is 1. The summed E-state index contributed by atoms with van der Waals surface area (Å²) in [5.74, 6) is 0.606. The fraction of sp³-hybridized carbons (Fsp3) is 0.312. The summed E-state index contributed by atoms with van der Waals surface area (Å²) in [4.78, 5) is 4.36. The summed E-state index contributed by atoms with van der Waals surface area (Å²) in [6, 6.07) is 11.9. The molecule has 0 amide bonds. The van der Waals surface area contributed by atoms with Crippen molar-refractivity contribution in [3.8, 4) is 5.75 Å².